The van der Waals surface area contributed by atoms with Crippen molar-refractivity contribution in [1.29, 1.82) is 0 Å². The van der Waals surface area contributed by atoms with E-state index in [0.29, 0.717) is 38.8 Å². The van der Waals surface area contributed by atoms with Crippen molar-refractivity contribution < 1.29 is 13.6 Å². The molecule has 0 radical (unpaired) electrons. The highest BCUT2D eigenvalue weighted by Crippen LogP contribution is 2.25. The fourth-order valence-corrected chi connectivity index (χ4v) is 4.70. The summed E-state index contributed by atoms with van der Waals surface area (Å²) in [5.41, 5.74) is 3.26. The van der Waals surface area contributed by atoms with Gasteiger partial charge in [0.25, 0.3) is 11.5 Å². The SMILES string of the molecule is Cc1ccc(CSc2nc3cc(C(=O)NCc4ccco4)ccc3c(=O)n2-c2ccc(F)cc2)cc1. The van der Waals surface area contributed by atoms with Crippen molar-refractivity contribution in [3.05, 3.63) is 124 Å². The lowest BCUT2D eigenvalue weighted by molar-refractivity contribution is 0.0948. The number of carbonyl (C=O) groups excluding carboxylic acids is 1. The maximum atomic E-state index is 13.6. The molecule has 8 heteroatoms. The molecule has 0 bridgehead atoms. The molecule has 2 heterocycles. The monoisotopic (exact) mass is 499 g/mol. The molecule has 0 aliphatic heterocycles. The maximum absolute atomic E-state index is 13.6. The second-order valence-electron chi connectivity index (χ2n) is 8.28. The number of nitrogens with one attached hydrogen (secondary N) is 1. The van der Waals surface area contributed by atoms with E-state index < -0.39 is 0 Å². The molecule has 0 saturated heterocycles. The number of rotatable bonds is 7. The van der Waals surface area contributed by atoms with E-state index in [1.54, 1.807) is 48.7 Å². The number of nitrogens with zero attached hydrogens (tertiary/aromatic N) is 2. The van der Waals surface area contributed by atoms with E-state index in [1.165, 1.54) is 28.5 Å². The molecule has 2 aromatic heterocycles. The Bertz CT molecular complexity index is 1580. The van der Waals surface area contributed by atoms with Crippen LogP contribution < -0.4 is 10.9 Å². The first-order chi connectivity index (χ1) is 17.5. The number of furan rings is 1. The lowest BCUT2D eigenvalue weighted by atomic mass is 10.1. The van der Waals surface area contributed by atoms with Crippen LogP contribution in [0.15, 0.2) is 99.5 Å². The summed E-state index contributed by atoms with van der Waals surface area (Å²) in [5.74, 6) is 0.536. The molecule has 1 amide bonds. The van der Waals surface area contributed by atoms with Crippen LogP contribution in [0.5, 0.6) is 0 Å². The summed E-state index contributed by atoms with van der Waals surface area (Å²) in [4.78, 5) is 31.0. The molecule has 180 valence electrons. The number of aryl methyl sites for hydroxylation is 1. The summed E-state index contributed by atoms with van der Waals surface area (Å²) in [7, 11) is 0. The molecule has 0 atom stereocenters. The molecule has 0 fully saturated rings. The Morgan fingerprint density at radius 2 is 1.83 bits per heavy atom. The van der Waals surface area contributed by atoms with Crippen LogP contribution in [0.3, 0.4) is 0 Å². The van der Waals surface area contributed by atoms with Gasteiger partial charge in [0, 0.05) is 11.3 Å². The van der Waals surface area contributed by atoms with Gasteiger partial charge in [-0.05, 0) is 67.1 Å². The Morgan fingerprint density at radius 1 is 1.06 bits per heavy atom. The maximum Gasteiger partial charge on any atom is 0.266 e. The number of hydrogen-bond acceptors (Lipinski definition) is 5. The van der Waals surface area contributed by atoms with Gasteiger partial charge in [-0.2, -0.15) is 0 Å². The largest absolute Gasteiger partial charge is 0.467 e. The molecular weight excluding hydrogens is 477 g/mol. The molecule has 0 unspecified atom stereocenters. The minimum atomic E-state index is -0.389. The Balaban J connectivity index is 1.52. The van der Waals surface area contributed by atoms with Gasteiger partial charge in [-0.3, -0.25) is 14.2 Å². The summed E-state index contributed by atoms with van der Waals surface area (Å²) >= 11 is 1.40. The third-order valence-electron chi connectivity index (χ3n) is 5.68. The van der Waals surface area contributed by atoms with Gasteiger partial charge >= 0.3 is 0 Å². The number of halogens is 1. The van der Waals surface area contributed by atoms with Gasteiger partial charge in [-0.25, -0.2) is 9.37 Å². The number of amides is 1. The summed E-state index contributed by atoms with van der Waals surface area (Å²) in [6, 6.07) is 22.2. The van der Waals surface area contributed by atoms with Crippen LogP contribution in [0.4, 0.5) is 4.39 Å². The topological polar surface area (TPSA) is 77.1 Å². The average molecular weight is 500 g/mol. The van der Waals surface area contributed by atoms with Crippen LogP contribution in [-0.4, -0.2) is 15.5 Å². The van der Waals surface area contributed by atoms with Gasteiger partial charge in [-0.15, -0.1) is 0 Å². The van der Waals surface area contributed by atoms with E-state index >= 15 is 0 Å². The summed E-state index contributed by atoms with van der Waals surface area (Å²) < 4.78 is 20.3. The van der Waals surface area contributed by atoms with Crippen molar-refractivity contribution in [2.24, 2.45) is 0 Å². The molecule has 0 saturated carbocycles. The van der Waals surface area contributed by atoms with Crippen molar-refractivity contribution in [3.8, 4) is 5.69 Å². The van der Waals surface area contributed by atoms with Crippen LogP contribution in [0, 0.1) is 12.7 Å². The number of hydrogen-bond donors (Lipinski definition) is 1. The van der Waals surface area contributed by atoms with Crippen molar-refractivity contribution >= 4 is 28.6 Å². The zero-order valence-electron chi connectivity index (χ0n) is 19.4. The van der Waals surface area contributed by atoms with Gasteiger partial charge in [0.1, 0.15) is 11.6 Å². The molecule has 0 aliphatic rings. The van der Waals surface area contributed by atoms with Gasteiger partial charge < -0.3 is 9.73 Å². The number of carbonyl (C=O) groups is 1. The van der Waals surface area contributed by atoms with E-state index in [4.69, 9.17) is 9.40 Å². The first-order valence-corrected chi connectivity index (χ1v) is 12.3. The molecular formula is C28H22FN3O3S. The third kappa shape index (κ3) is 5.08. The van der Waals surface area contributed by atoms with E-state index in [9.17, 15) is 14.0 Å². The Labute approximate surface area is 210 Å². The summed E-state index contributed by atoms with van der Waals surface area (Å²) in [6.45, 7) is 2.28. The molecule has 0 aliphatic carbocycles. The normalized spacial score (nSPS) is 11.1. The van der Waals surface area contributed by atoms with Crippen molar-refractivity contribution in [2.45, 2.75) is 24.4 Å². The average Bonchev–Trinajstić information content (AvgIpc) is 3.41. The standard InChI is InChI=1S/C28H22FN3O3S/c1-18-4-6-19(7-5-18)17-36-28-31-25-15-20(26(33)30-16-23-3-2-14-35-23)8-13-24(25)27(34)32(28)22-11-9-21(29)10-12-22/h2-15H,16-17H2,1H3,(H,30,33). The second kappa shape index (κ2) is 10.2. The fourth-order valence-electron chi connectivity index (χ4n) is 3.74. The minimum Gasteiger partial charge on any atom is -0.467 e. The lowest BCUT2D eigenvalue weighted by Crippen LogP contribution is -2.24. The fraction of sp³-hybridized carbons (Fsp3) is 0.107. The Kier molecular flexibility index (Phi) is 6.69. The second-order valence-corrected chi connectivity index (χ2v) is 9.22. The van der Waals surface area contributed by atoms with Crippen LogP contribution in [0.1, 0.15) is 27.2 Å². The molecule has 0 spiro atoms. The molecule has 36 heavy (non-hydrogen) atoms. The van der Waals surface area contributed by atoms with Gasteiger partial charge in [0.05, 0.1) is 29.4 Å². The predicted molar refractivity (Wildman–Crippen MR) is 138 cm³/mol. The highest BCUT2D eigenvalue weighted by atomic mass is 32.2. The van der Waals surface area contributed by atoms with E-state index in [-0.39, 0.29) is 23.8 Å². The number of thioether (sulfide) groups is 1. The third-order valence-corrected chi connectivity index (χ3v) is 6.69. The Morgan fingerprint density at radius 3 is 2.56 bits per heavy atom. The zero-order chi connectivity index (χ0) is 25.1. The molecule has 5 aromatic rings. The van der Waals surface area contributed by atoms with Crippen molar-refractivity contribution in [2.75, 3.05) is 0 Å². The number of fused-ring (bicyclic) bond motifs is 1. The summed E-state index contributed by atoms with van der Waals surface area (Å²) in [6.07, 6.45) is 1.55. The first-order valence-electron chi connectivity index (χ1n) is 11.3. The quantitative estimate of drug-likeness (QED) is 0.231. The van der Waals surface area contributed by atoms with Crippen LogP contribution in [0.25, 0.3) is 16.6 Å². The smallest absolute Gasteiger partial charge is 0.266 e. The molecule has 3 aromatic carbocycles. The highest BCUT2D eigenvalue weighted by molar-refractivity contribution is 7.98. The molecule has 6 nitrogen and oxygen atoms in total. The summed E-state index contributed by atoms with van der Waals surface area (Å²) in [5, 5.41) is 3.62. The van der Waals surface area contributed by atoms with Gasteiger partial charge in [-0.1, -0.05) is 41.6 Å². The van der Waals surface area contributed by atoms with Crippen molar-refractivity contribution in [3.63, 3.8) is 0 Å². The van der Waals surface area contributed by atoms with Crippen LogP contribution in [-0.2, 0) is 12.3 Å². The minimum absolute atomic E-state index is 0.251. The highest BCUT2D eigenvalue weighted by Gasteiger charge is 2.16. The van der Waals surface area contributed by atoms with E-state index in [0.717, 1.165) is 11.1 Å². The molecule has 5 rings (SSSR count). The lowest BCUT2D eigenvalue weighted by Gasteiger charge is -2.14. The van der Waals surface area contributed by atoms with E-state index in [2.05, 4.69) is 5.32 Å². The first kappa shape index (κ1) is 23.6. The van der Waals surface area contributed by atoms with Crippen LogP contribution >= 0.6 is 11.8 Å². The van der Waals surface area contributed by atoms with Gasteiger partial charge in [0.15, 0.2) is 5.16 Å². The van der Waals surface area contributed by atoms with Crippen LogP contribution in [0.2, 0.25) is 0 Å². The van der Waals surface area contributed by atoms with Crippen molar-refractivity contribution in [1.82, 2.24) is 14.9 Å². The zero-order valence-corrected chi connectivity index (χ0v) is 20.2. The number of aromatic nitrogens is 2. The molecule has 1 N–H and O–H groups in total. The predicted octanol–water partition coefficient (Wildman–Crippen LogP) is 5.65. The van der Waals surface area contributed by atoms with Gasteiger partial charge in [0.2, 0.25) is 0 Å². The van der Waals surface area contributed by atoms with E-state index in [1.807, 2.05) is 31.2 Å². The Hall–Kier alpha value is -4.17. The number of benzene rings is 3.